The highest BCUT2D eigenvalue weighted by atomic mass is 35.5. The third-order valence-electron chi connectivity index (χ3n) is 6.53. The number of hydrogen-bond donors (Lipinski definition) is 0. The molecule has 3 heterocycles. The lowest BCUT2D eigenvalue weighted by molar-refractivity contribution is -0.145. The zero-order chi connectivity index (χ0) is 28.7. The van der Waals surface area contributed by atoms with Gasteiger partial charge in [0.1, 0.15) is 0 Å². The molecular weight excluding hydrogens is 580 g/mol. The molecule has 212 valence electrons. The number of alkyl halides is 6. The van der Waals surface area contributed by atoms with Crippen molar-refractivity contribution in [3.05, 3.63) is 69.2 Å². The van der Waals surface area contributed by atoms with Crippen molar-refractivity contribution in [2.75, 3.05) is 32.7 Å². The van der Waals surface area contributed by atoms with E-state index in [1.165, 1.54) is 39.7 Å². The van der Waals surface area contributed by atoms with Crippen molar-refractivity contribution in [2.45, 2.75) is 25.3 Å². The average molecular weight is 602 g/mol. The van der Waals surface area contributed by atoms with E-state index in [0.29, 0.717) is 52.6 Å². The van der Waals surface area contributed by atoms with Crippen molar-refractivity contribution in [3.8, 4) is 0 Å². The van der Waals surface area contributed by atoms with Gasteiger partial charge in [-0.05, 0) is 59.7 Å². The second-order valence-electron chi connectivity index (χ2n) is 9.46. The van der Waals surface area contributed by atoms with Crippen LogP contribution in [0.3, 0.4) is 0 Å². The standard InChI is InChI=1S/C26H22ClF6N5OS/c27-19-4-3-17(20(12-19)26(31,32)33)14-38-21-5-2-16(10-18(21)13-34-38)11-22-23(39)35-24(40-22)37-7-1-6-36(8-9-37)15-25(28,29)30/h2-5,10-13H,1,6-9,14-15H2/b22-11-. The highest BCUT2D eigenvalue weighted by Gasteiger charge is 2.34. The first-order valence-electron chi connectivity index (χ1n) is 12.2. The summed E-state index contributed by atoms with van der Waals surface area (Å²) in [6, 6.07) is 8.84. The molecule has 0 N–H and O–H groups in total. The number of aliphatic imine (C=N–C) groups is 1. The molecule has 1 amide bonds. The molecule has 0 spiro atoms. The Hall–Kier alpha value is -3.03. The summed E-state index contributed by atoms with van der Waals surface area (Å²) in [4.78, 5) is 20.3. The first kappa shape index (κ1) is 28.5. The van der Waals surface area contributed by atoms with E-state index >= 15 is 0 Å². The largest absolute Gasteiger partial charge is 0.416 e. The van der Waals surface area contributed by atoms with E-state index in [1.807, 2.05) is 4.90 Å². The molecule has 1 fully saturated rings. The van der Waals surface area contributed by atoms with Gasteiger partial charge in [-0.25, -0.2) is 0 Å². The van der Waals surface area contributed by atoms with Gasteiger partial charge in [0.25, 0.3) is 5.91 Å². The number of fused-ring (bicyclic) bond motifs is 1. The molecule has 0 radical (unpaired) electrons. The number of thioether (sulfide) groups is 1. The molecule has 0 unspecified atom stereocenters. The summed E-state index contributed by atoms with van der Waals surface area (Å²) in [5.41, 5.74) is 0.491. The number of amidine groups is 1. The van der Waals surface area contributed by atoms with Crippen LogP contribution in [-0.2, 0) is 17.5 Å². The Morgan fingerprint density at radius 1 is 1.00 bits per heavy atom. The third-order valence-corrected chi connectivity index (χ3v) is 7.81. The topological polar surface area (TPSA) is 53.7 Å². The zero-order valence-corrected chi connectivity index (χ0v) is 22.3. The molecule has 3 aromatic rings. The molecule has 0 bridgehead atoms. The summed E-state index contributed by atoms with van der Waals surface area (Å²) in [5, 5.41) is 5.38. The number of carbonyl (C=O) groups is 1. The van der Waals surface area contributed by atoms with E-state index in [9.17, 15) is 31.1 Å². The van der Waals surface area contributed by atoms with Crippen LogP contribution < -0.4 is 0 Å². The van der Waals surface area contributed by atoms with Crippen LogP contribution in [0, 0.1) is 0 Å². The summed E-state index contributed by atoms with van der Waals surface area (Å²) in [6.07, 6.45) is -5.11. The Morgan fingerprint density at radius 2 is 1.80 bits per heavy atom. The second-order valence-corrected chi connectivity index (χ2v) is 10.9. The van der Waals surface area contributed by atoms with E-state index < -0.39 is 30.4 Å². The third kappa shape index (κ3) is 6.64. The van der Waals surface area contributed by atoms with Gasteiger partial charge in [-0.15, -0.1) is 0 Å². The molecule has 14 heteroatoms. The minimum absolute atomic E-state index is 0.00943. The van der Waals surface area contributed by atoms with Crippen LogP contribution in [0.15, 0.2) is 52.5 Å². The van der Waals surface area contributed by atoms with Crippen LogP contribution in [0.4, 0.5) is 26.3 Å². The number of benzene rings is 2. The lowest BCUT2D eigenvalue weighted by Gasteiger charge is -2.23. The fourth-order valence-corrected chi connectivity index (χ4v) is 5.83. The first-order valence-corrected chi connectivity index (χ1v) is 13.4. The predicted octanol–water partition coefficient (Wildman–Crippen LogP) is 6.30. The normalized spacial score (nSPS) is 18.6. The lowest BCUT2D eigenvalue weighted by Crippen LogP contribution is -2.37. The summed E-state index contributed by atoms with van der Waals surface area (Å²) >= 11 is 6.95. The summed E-state index contributed by atoms with van der Waals surface area (Å²) in [6.45, 7) is 0.276. The Balaban J connectivity index is 1.29. The van der Waals surface area contributed by atoms with Gasteiger partial charge in [0.05, 0.1) is 35.3 Å². The molecule has 6 nitrogen and oxygen atoms in total. The van der Waals surface area contributed by atoms with Crippen LogP contribution in [-0.4, -0.2) is 69.6 Å². The van der Waals surface area contributed by atoms with Crippen LogP contribution >= 0.6 is 23.4 Å². The van der Waals surface area contributed by atoms with Crippen molar-refractivity contribution >= 4 is 51.4 Å². The fourth-order valence-electron chi connectivity index (χ4n) is 4.69. The van der Waals surface area contributed by atoms with Gasteiger partial charge < -0.3 is 4.90 Å². The van der Waals surface area contributed by atoms with Gasteiger partial charge in [-0.1, -0.05) is 23.7 Å². The van der Waals surface area contributed by atoms with E-state index in [-0.39, 0.29) is 23.7 Å². The van der Waals surface area contributed by atoms with Gasteiger partial charge in [-0.3, -0.25) is 14.4 Å². The molecule has 0 aliphatic carbocycles. The van der Waals surface area contributed by atoms with Gasteiger partial charge in [0.15, 0.2) is 5.17 Å². The molecule has 5 rings (SSSR count). The number of hydrogen-bond acceptors (Lipinski definition) is 5. The van der Waals surface area contributed by atoms with Crippen molar-refractivity contribution in [2.24, 2.45) is 4.99 Å². The molecule has 2 aromatic carbocycles. The maximum absolute atomic E-state index is 13.5. The molecule has 1 aromatic heterocycles. The average Bonchev–Trinajstić information content (AvgIpc) is 3.34. The maximum Gasteiger partial charge on any atom is 0.416 e. The minimum atomic E-state index is -4.56. The lowest BCUT2D eigenvalue weighted by atomic mass is 10.1. The highest BCUT2D eigenvalue weighted by Crippen LogP contribution is 2.35. The number of halogens is 7. The first-order chi connectivity index (χ1) is 18.9. The maximum atomic E-state index is 13.5. The second kappa shape index (κ2) is 11.1. The molecule has 2 aliphatic rings. The van der Waals surface area contributed by atoms with Gasteiger partial charge >= 0.3 is 12.4 Å². The Morgan fingerprint density at radius 3 is 2.55 bits per heavy atom. The van der Waals surface area contributed by atoms with E-state index in [0.717, 1.165) is 6.07 Å². The number of carbonyl (C=O) groups excluding carboxylic acids is 1. The highest BCUT2D eigenvalue weighted by molar-refractivity contribution is 8.18. The molecule has 40 heavy (non-hydrogen) atoms. The van der Waals surface area contributed by atoms with Crippen LogP contribution in [0.1, 0.15) is 23.1 Å². The monoisotopic (exact) mass is 601 g/mol. The molecule has 0 atom stereocenters. The van der Waals surface area contributed by atoms with Gasteiger partial charge in [0.2, 0.25) is 0 Å². The van der Waals surface area contributed by atoms with Crippen LogP contribution in [0.25, 0.3) is 17.0 Å². The van der Waals surface area contributed by atoms with Gasteiger partial charge in [-0.2, -0.15) is 36.4 Å². The van der Waals surface area contributed by atoms with E-state index in [4.69, 9.17) is 11.6 Å². The zero-order valence-electron chi connectivity index (χ0n) is 20.8. The van der Waals surface area contributed by atoms with Crippen LogP contribution in [0.5, 0.6) is 0 Å². The smallest absolute Gasteiger partial charge is 0.349 e. The Bertz CT molecular complexity index is 1500. The quantitative estimate of drug-likeness (QED) is 0.260. The Labute approximate surface area is 234 Å². The molecule has 2 aliphatic heterocycles. The molecule has 0 saturated carbocycles. The summed E-state index contributed by atoms with van der Waals surface area (Å²) < 4.78 is 80.3. The summed E-state index contributed by atoms with van der Waals surface area (Å²) in [5.74, 6) is -0.436. The number of aromatic nitrogens is 2. The van der Waals surface area contributed by atoms with E-state index in [1.54, 1.807) is 24.3 Å². The van der Waals surface area contributed by atoms with E-state index in [2.05, 4.69) is 10.1 Å². The van der Waals surface area contributed by atoms with Crippen molar-refractivity contribution in [3.63, 3.8) is 0 Å². The fraction of sp³-hybridized carbons (Fsp3) is 0.346. The molecule has 1 saturated heterocycles. The van der Waals surface area contributed by atoms with Crippen molar-refractivity contribution in [1.29, 1.82) is 0 Å². The predicted molar refractivity (Wildman–Crippen MR) is 142 cm³/mol. The number of amides is 1. The number of rotatable bonds is 4. The molecular formula is C26H22ClF6N5OS. The Kier molecular flexibility index (Phi) is 7.90. The van der Waals surface area contributed by atoms with Crippen molar-refractivity contribution < 1.29 is 31.1 Å². The minimum Gasteiger partial charge on any atom is -0.349 e. The number of nitrogens with zero attached hydrogens (tertiary/aromatic N) is 5. The van der Waals surface area contributed by atoms with Crippen molar-refractivity contribution in [1.82, 2.24) is 19.6 Å². The van der Waals surface area contributed by atoms with Crippen LogP contribution in [0.2, 0.25) is 5.02 Å². The SMILES string of the molecule is O=C1N=C(N2CCCN(CC(F)(F)F)CC2)S/C1=C\c1ccc2c(cnn2Cc2ccc(Cl)cc2C(F)(F)F)c1. The van der Waals surface area contributed by atoms with Gasteiger partial charge in [0, 0.05) is 36.6 Å². The summed E-state index contributed by atoms with van der Waals surface area (Å²) in [7, 11) is 0.